The number of aromatic nitrogens is 1. The van der Waals surface area contributed by atoms with Gasteiger partial charge in [-0.25, -0.2) is 9.37 Å². The van der Waals surface area contributed by atoms with E-state index in [2.05, 4.69) is 10.3 Å². The monoisotopic (exact) mass is 287 g/mol. The third-order valence-corrected chi connectivity index (χ3v) is 3.94. The van der Waals surface area contributed by atoms with Crippen LogP contribution >= 0.6 is 11.3 Å². The van der Waals surface area contributed by atoms with Crippen LogP contribution in [0.15, 0.2) is 42.6 Å². The molecule has 0 unspecified atom stereocenters. The quantitative estimate of drug-likeness (QED) is 0.760. The number of thiophene rings is 1. The summed E-state index contributed by atoms with van der Waals surface area (Å²) in [5.74, 6) is -0.675. The number of nitrogens with two attached hydrogens (primary N) is 1. The number of hydrogen-bond donors (Lipinski definition) is 2. The minimum atomic E-state index is -0.353. The molecular weight excluding hydrogens is 277 g/mol. The first-order valence-corrected chi connectivity index (χ1v) is 6.67. The molecule has 0 bridgehead atoms. The molecule has 2 heterocycles. The first-order valence-electron chi connectivity index (χ1n) is 5.85. The fourth-order valence-corrected chi connectivity index (χ4v) is 2.80. The largest absolute Gasteiger partial charge is 0.397 e. The summed E-state index contributed by atoms with van der Waals surface area (Å²) >= 11 is 1.23. The Morgan fingerprint density at radius 3 is 2.70 bits per heavy atom. The molecule has 0 saturated heterocycles. The van der Waals surface area contributed by atoms with E-state index in [-0.39, 0.29) is 11.7 Å². The molecule has 0 aliphatic rings. The van der Waals surface area contributed by atoms with Gasteiger partial charge in [-0.05, 0) is 36.4 Å². The number of fused-ring (bicyclic) bond motifs is 1. The van der Waals surface area contributed by atoms with Gasteiger partial charge in [-0.1, -0.05) is 0 Å². The Balaban J connectivity index is 1.92. The number of benzene rings is 1. The number of pyridine rings is 1. The standard InChI is InChI=1S/C14H10FN3OS/c15-8-3-5-9(6-4-8)18-13(19)12-11(16)10-2-1-7-17-14(10)20-12/h1-7H,16H2,(H,18,19). The Bertz CT molecular complexity index is 783. The van der Waals surface area contributed by atoms with E-state index < -0.39 is 0 Å². The molecule has 1 aromatic carbocycles. The fraction of sp³-hybridized carbons (Fsp3) is 0. The zero-order chi connectivity index (χ0) is 14.1. The molecule has 4 nitrogen and oxygen atoms in total. The molecule has 0 aliphatic carbocycles. The number of anilines is 2. The zero-order valence-electron chi connectivity index (χ0n) is 10.3. The molecule has 0 fully saturated rings. The van der Waals surface area contributed by atoms with E-state index in [1.807, 2.05) is 6.07 Å². The Hall–Kier alpha value is -2.47. The first kappa shape index (κ1) is 12.6. The maximum atomic E-state index is 12.8. The van der Waals surface area contributed by atoms with E-state index in [1.54, 1.807) is 12.3 Å². The van der Waals surface area contributed by atoms with Crippen molar-refractivity contribution in [3.8, 4) is 0 Å². The molecule has 3 N–H and O–H groups in total. The van der Waals surface area contributed by atoms with Gasteiger partial charge in [0.05, 0.1) is 5.69 Å². The number of nitrogens with one attached hydrogen (secondary N) is 1. The Kier molecular flexibility index (Phi) is 3.08. The van der Waals surface area contributed by atoms with Crippen molar-refractivity contribution in [2.45, 2.75) is 0 Å². The van der Waals surface area contributed by atoms with Crippen LogP contribution in [-0.4, -0.2) is 10.9 Å². The number of amides is 1. The van der Waals surface area contributed by atoms with Gasteiger partial charge in [0.1, 0.15) is 15.5 Å². The van der Waals surface area contributed by atoms with Gasteiger partial charge in [-0.15, -0.1) is 11.3 Å². The zero-order valence-corrected chi connectivity index (χ0v) is 11.1. The lowest BCUT2D eigenvalue weighted by atomic mass is 10.2. The molecule has 3 rings (SSSR count). The summed E-state index contributed by atoms with van der Waals surface area (Å²) in [5.41, 5.74) is 6.90. The van der Waals surface area contributed by atoms with Crippen LogP contribution in [0.5, 0.6) is 0 Å². The highest BCUT2D eigenvalue weighted by atomic mass is 32.1. The Morgan fingerprint density at radius 1 is 1.25 bits per heavy atom. The molecule has 0 saturated carbocycles. The lowest BCUT2D eigenvalue weighted by Crippen LogP contribution is -2.11. The molecular formula is C14H10FN3OS. The fourth-order valence-electron chi connectivity index (χ4n) is 1.84. The molecule has 20 heavy (non-hydrogen) atoms. The van der Waals surface area contributed by atoms with Crippen molar-refractivity contribution in [3.05, 3.63) is 53.3 Å². The molecule has 0 radical (unpaired) electrons. The van der Waals surface area contributed by atoms with Gasteiger partial charge in [0, 0.05) is 17.3 Å². The molecule has 0 atom stereocenters. The van der Waals surface area contributed by atoms with Crippen molar-refractivity contribution in [3.63, 3.8) is 0 Å². The number of halogens is 1. The van der Waals surface area contributed by atoms with Gasteiger partial charge in [0.25, 0.3) is 5.91 Å². The molecule has 1 amide bonds. The van der Waals surface area contributed by atoms with Gasteiger partial charge >= 0.3 is 0 Å². The van der Waals surface area contributed by atoms with Crippen LogP contribution in [0.2, 0.25) is 0 Å². The number of carbonyl (C=O) groups is 1. The molecule has 3 aromatic rings. The van der Waals surface area contributed by atoms with Crippen molar-refractivity contribution >= 4 is 38.8 Å². The number of carbonyl (C=O) groups excluding carboxylic acids is 1. The van der Waals surface area contributed by atoms with E-state index in [4.69, 9.17) is 5.73 Å². The van der Waals surface area contributed by atoms with Crippen molar-refractivity contribution in [2.24, 2.45) is 0 Å². The van der Waals surface area contributed by atoms with Crippen LogP contribution in [0.3, 0.4) is 0 Å². The number of hydrogen-bond acceptors (Lipinski definition) is 4. The molecule has 0 spiro atoms. The number of nitrogens with zero attached hydrogens (tertiary/aromatic N) is 1. The van der Waals surface area contributed by atoms with Gasteiger partial charge in [-0.2, -0.15) is 0 Å². The van der Waals surface area contributed by atoms with Crippen LogP contribution < -0.4 is 11.1 Å². The Labute approximate surface area is 118 Å². The molecule has 6 heteroatoms. The summed E-state index contributed by atoms with van der Waals surface area (Å²) in [6.07, 6.45) is 1.65. The number of nitrogen functional groups attached to an aromatic ring is 1. The van der Waals surface area contributed by atoms with Gasteiger partial charge in [-0.3, -0.25) is 4.79 Å². The average molecular weight is 287 g/mol. The van der Waals surface area contributed by atoms with Crippen LogP contribution in [0, 0.1) is 5.82 Å². The highest BCUT2D eigenvalue weighted by molar-refractivity contribution is 7.21. The SMILES string of the molecule is Nc1c(C(=O)Nc2ccc(F)cc2)sc2ncccc12. The summed E-state index contributed by atoms with van der Waals surface area (Å²) in [6, 6.07) is 9.15. The minimum Gasteiger partial charge on any atom is -0.397 e. The molecule has 2 aromatic heterocycles. The number of rotatable bonds is 2. The van der Waals surface area contributed by atoms with Gasteiger partial charge in [0.15, 0.2) is 0 Å². The van der Waals surface area contributed by atoms with Gasteiger partial charge < -0.3 is 11.1 Å². The topological polar surface area (TPSA) is 68.0 Å². The van der Waals surface area contributed by atoms with E-state index in [1.165, 1.54) is 35.6 Å². The first-order chi connectivity index (χ1) is 9.65. The second-order valence-electron chi connectivity index (χ2n) is 4.16. The summed E-state index contributed by atoms with van der Waals surface area (Å²) in [4.78, 5) is 17.5. The Morgan fingerprint density at radius 2 is 2.00 bits per heavy atom. The molecule has 0 aliphatic heterocycles. The normalized spacial score (nSPS) is 10.7. The van der Waals surface area contributed by atoms with Crippen LogP contribution in [-0.2, 0) is 0 Å². The summed E-state index contributed by atoms with van der Waals surface area (Å²) < 4.78 is 12.8. The lowest BCUT2D eigenvalue weighted by molar-refractivity contribution is 0.103. The summed E-state index contributed by atoms with van der Waals surface area (Å²) in [7, 11) is 0. The van der Waals surface area contributed by atoms with E-state index in [0.29, 0.717) is 21.1 Å². The minimum absolute atomic E-state index is 0.322. The maximum absolute atomic E-state index is 12.8. The predicted molar refractivity (Wildman–Crippen MR) is 78.4 cm³/mol. The highest BCUT2D eigenvalue weighted by Gasteiger charge is 2.16. The van der Waals surface area contributed by atoms with Crippen molar-refractivity contribution < 1.29 is 9.18 Å². The van der Waals surface area contributed by atoms with Crippen molar-refractivity contribution in [2.75, 3.05) is 11.1 Å². The highest BCUT2D eigenvalue weighted by Crippen LogP contribution is 2.32. The lowest BCUT2D eigenvalue weighted by Gasteiger charge is -2.03. The summed E-state index contributed by atoms with van der Waals surface area (Å²) in [6.45, 7) is 0. The van der Waals surface area contributed by atoms with E-state index in [9.17, 15) is 9.18 Å². The smallest absolute Gasteiger partial charge is 0.267 e. The second-order valence-corrected chi connectivity index (χ2v) is 5.16. The predicted octanol–water partition coefficient (Wildman–Crippen LogP) is 3.27. The molecule has 100 valence electrons. The van der Waals surface area contributed by atoms with Crippen LogP contribution in [0.1, 0.15) is 9.67 Å². The third-order valence-electron chi connectivity index (χ3n) is 2.81. The maximum Gasteiger partial charge on any atom is 0.267 e. The summed E-state index contributed by atoms with van der Waals surface area (Å²) in [5, 5.41) is 3.45. The average Bonchev–Trinajstić information content (AvgIpc) is 2.79. The third kappa shape index (κ3) is 2.21. The van der Waals surface area contributed by atoms with Gasteiger partial charge in [0.2, 0.25) is 0 Å². The van der Waals surface area contributed by atoms with Crippen molar-refractivity contribution in [1.29, 1.82) is 0 Å². The van der Waals surface area contributed by atoms with E-state index in [0.717, 1.165) is 5.39 Å². The van der Waals surface area contributed by atoms with E-state index >= 15 is 0 Å². The van der Waals surface area contributed by atoms with Crippen LogP contribution in [0.4, 0.5) is 15.8 Å². The van der Waals surface area contributed by atoms with Crippen molar-refractivity contribution in [1.82, 2.24) is 4.98 Å². The van der Waals surface area contributed by atoms with Crippen LogP contribution in [0.25, 0.3) is 10.2 Å². The second kappa shape index (κ2) is 4.90.